The molecule has 5 rings (SSSR count). The van der Waals surface area contributed by atoms with Crippen LogP contribution in [0.25, 0.3) is 23.3 Å². The Morgan fingerprint density at radius 3 is 2.43 bits per heavy atom. The van der Waals surface area contributed by atoms with Crippen LogP contribution in [0.5, 0.6) is 0 Å². The third-order valence-corrected chi connectivity index (χ3v) is 7.21. The van der Waals surface area contributed by atoms with Crippen LogP contribution >= 0.6 is 0 Å². The van der Waals surface area contributed by atoms with Gasteiger partial charge in [-0.1, -0.05) is 99.7 Å². The van der Waals surface area contributed by atoms with Crippen LogP contribution in [0.1, 0.15) is 69.4 Å². The molecule has 2 aromatic carbocycles. The molecular formula is C33H39NO. The van der Waals surface area contributed by atoms with E-state index in [4.69, 9.17) is 0 Å². The van der Waals surface area contributed by atoms with Crippen LogP contribution < -0.4 is 15.8 Å². The standard InChI is InChI=1S/C27H32O.C6H7N/c1-2-3-4-5-6-7-12-27(28)22-14-13-21-16-17-24-23-11-9-8-10-20(23)15-18-25(24)26(21)19-22;1-2-4-6-7-5-3-1/h8-11,16-19,22H,2-7,12-15H2,1H3;1-7H. The Morgan fingerprint density at radius 2 is 1.60 bits per heavy atom. The third kappa shape index (κ3) is 6.72. The number of aryl methyl sites for hydroxylation is 1. The Morgan fingerprint density at radius 1 is 0.829 bits per heavy atom. The van der Waals surface area contributed by atoms with Crippen molar-refractivity contribution in [2.75, 3.05) is 0 Å². The largest absolute Gasteiger partial charge is 0.368 e. The number of carbonyl (C=O) groups excluding carboxylic acids is 1. The summed E-state index contributed by atoms with van der Waals surface area (Å²) in [5, 5.41) is 5.61. The van der Waals surface area contributed by atoms with Crippen LogP contribution in [0.15, 0.2) is 73.1 Å². The molecule has 0 radical (unpaired) electrons. The number of benzene rings is 2. The van der Waals surface area contributed by atoms with E-state index in [2.05, 4.69) is 60.8 Å². The number of hydrogen-bond acceptors (Lipinski definition) is 2. The predicted molar refractivity (Wildman–Crippen MR) is 149 cm³/mol. The van der Waals surface area contributed by atoms with Crippen molar-refractivity contribution >= 4 is 17.9 Å². The van der Waals surface area contributed by atoms with Crippen LogP contribution in [0.2, 0.25) is 0 Å². The summed E-state index contributed by atoms with van der Waals surface area (Å²) >= 11 is 0. The SMILES string of the molecule is C1=CC=CNC=C1.CCCCCCCCC(=O)C1C=c2c(ccc3c2=CCc2ccccc2-3)CC1. The highest BCUT2D eigenvalue weighted by molar-refractivity contribution is 5.87. The van der Waals surface area contributed by atoms with Crippen molar-refractivity contribution in [1.82, 2.24) is 5.32 Å². The smallest absolute Gasteiger partial charge is 0.139 e. The third-order valence-electron chi connectivity index (χ3n) is 7.21. The summed E-state index contributed by atoms with van der Waals surface area (Å²) in [5.41, 5.74) is 5.51. The van der Waals surface area contributed by atoms with Gasteiger partial charge in [0, 0.05) is 24.7 Å². The number of fused-ring (bicyclic) bond motifs is 5. The lowest BCUT2D eigenvalue weighted by Crippen LogP contribution is -2.37. The molecule has 0 saturated heterocycles. The average Bonchev–Trinajstić information content (AvgIpc) is 3.23. The van der Waals surface area contributed by atoms with Crippen LogP contribution in [-0.4, -0.2) is 5.78 Å². The molecule has 182 valence electrons. The molecule has 0 fully saturated rings. The molecule has 2 aliphatic carbocycles. The lowest BCUT2D eigenvalue weighted by Gasteiger charge is -2.21. The lowest BCUT2D eigenvalue weighted by atomic mass is 9.82. The Bertz CT molecular complexity index is 1200. The van der Waals surface area contributed by atoms with E-state index in [1.807, 2.05) is 36.7 Å². The van der Waals surface area contributed by atoms with Crippen molar-refractivity contribution in [3.63, 3.8) is 0 Å². The number of Topliss-reactive ketones (excluding diaryl/α,β-unsaturated/α-hetero) is 1. The summed E-state index contributed by atoms with van der Waals surface area (Å²) in [4.78, 5) is 12.8. The predicted octanol–water partition coefficient (Wildman–Crippen LogP) is 6.53. The molecule has 1 unspecified atom stereocenters. The number of unbranched alkanes of at least 4 members (excludes halogenated alkanes) is 5. The van der Waals surface area contributed by atoms with E-state index in [-0.39, 0.29) is 5.92 Å². The van der Waals surface area contributed by atoms with Crippen LogP contribution in [0, 0.1) is 5.92 Å². The number of rotatable bonds is 8. The molecule has 0 spiro atoms. The molecule has 0 bridgehead atoms. The van der Waals surface area contributed by atoms with E-state index in [9.17, 15) is 4.79 Å². The minimum atomic E-state index is 0.111. The molecule has 0 saturated carbocycles. The molecule has 2 aromatic rings. The highest BCUT2D eigenvalue weighted by atomic mass is 16.1. The molecule has 1 heterocycles. The van der Waals surface area contributed by atoms with Gasteiger partial charge in [-0.25, -0.2) is 0 Å². The maximum absolute atomic E-state index is 12.8. The van der Waals surface area contributed by atoms with Gasteiger partial charge in [0.2, 0.25) is 0 Å². The number of hydrogen-bond donors (Lipinski definition) is 1. The van der Waals surface area contributed by atoms with Gasteiger partial charge in [-0.2, -0.15) is 0 Å². The van der Waals surface area contributed by atoms with Crippen LogP contribution in [0.3, 0.4) is 0 Å². The number of carbonyl (C=O) groups is 1. The van der Waals surface area contributed by atoms with Crippen molar-refractivity contribution in [2.45, 2.75) is 71.1 Å². The Balaban J connectivity index is 0.000000356. The molecule has 2 heteroatoms. The zero-order chi connectivity index (χ0) is 24.3. The molecule has 1 N–H and O–H groups in total. The molecule has 1 aliphatic heterocycles. The zero-order valence-electron chi connectivity index (χ0n) is 21.1. The molecular weight excluding hydrogens is 426 g/mol. The minimum Gasteiger partial charge on any atom is -0.368 e. The first-order valence-electron chi connectivity index (χ1n) is 13.5. The summed E-state index contributed by atoms with van der Waals surface area (Å²) in [6, 6.07) is 13.3. The minimum absolute atomic E-state index is 0.111. The first-order chi connectivity index (χ1) is 17.3. The molecule has 0 aromatic heterocycles. The molecule has 35 heavy (non-hydrogen) atoms. The first-order valence-corrected chi connectivity index (χ1v) is 13.5. The second-order valence-electron chi connectivity index (χ2n) is 9.73. The highest BCUT2D eigenvalue weighted by Crippen LogP contribution is 2.26. The second kappa shape index (κ2) is 13.1. The lowest BCUT2D eigenvalue weighted by molar-refractivity contribution is -0.121. The van der Waals surface area contributed by atoms with E-state index in [1.54, 1.807) is 0 Å². The fourth-order valence-electron chi connectivity index (χ4n) is 5.24. The van der Waals surface area contributed by atoms with E-state index in [1.165, 1.54) is 64.8 Å². The molecule has 1 atom stereocenters. The van der Waals surface area contributed by atoms with Crippen molar-refractivity contribution in [1.29, 1.82) is 0 Å². The Hall–Kier alpha value is -3.13. The zero-order valence-corrected chi connectivity index (χ0v) is 21.1. The summed E-state index contributed by atoms with van der Waals surface area (Å²) in [6.45, 7) is 2.25. The van der Waals surface area contributed by atoms with Crippen molar-refractivity contribution < 1.29 is 4.79 Å². The quantitative estimate of drug-likeness (QED) is 0.449. The van der Waals surface area contributed by atoms with Gasteiger partial charge in [0.15, 0.2) is 0 Å². The van der Waals surface area contributed by atoms with Gasteiger partial charge in [0.05, 0.1) is 0 Å². The fraction of sp³-hybridized carbons (Fsp3) is 0.364. The first kappa shape index (κ1) is 25.0. The van der Waals surface area contributed by atoms with Gasteiger partial charge in [-0.3, -0.25) is 4.79 Å². The summed E-state index contributed by atoms with van der Waals surface area (Å²) < 4.78 is 0. The van der Waals surface area contributed by atoms with Gasteiger partial charge < -0.3 is 5.32 Å². The maximum Gasteiger partial charge on any atom is 0.139 e. The second-order valence-corrected chi connectivity index (χ2v) is 9.73. The van der Waals surface area contributed by atoms with E-state index in [0.29, 0.717) is 5.78 Å². The highest BCUT2D eigenvalue weighted by Gasteiger charge is 2.21. The fourth-order valence-corrected chi connectivity index (χ4v) is 5.24. The molecule has 2 nitrogen and oxygen atoms in total. The van der Waals surface area contributed by atoms with Gasteiger partial charge in [-0.15, -0.1) is 0 Å². The van der Waals surface area contributed by atoms with Crippen molar-refractivity contribution in [3.8, 4) is 11.1 Å². The van der Waals surface area contributed by atoms with Gasteiger partial charge in [-0.05, 0) is 70.5 Å². The van der Waals surface area contributed by atoms with Gasteiger partial charge in [0.25, 0.3) is 0 Å². The normalized spacial score (nSPS) is 16.8. The van der Waals surface area contributed by atoms with Gasteiger partial charge >= 0.3 is 0 Å². The summed E-state index contributed by atoms with van der Waals surface area (Å²) in [6.07, 6.45) is 27.5. The monoisotopic (exact) mass is 465 g/mol. The van der Waals surface area contributed by atoms with E-state index < -0.39 is 0 Å². The molecule has 3 aliphatic rings. The summed E-state index contributed by atoms with van der Waals surface area (Å²) in [7, 11) is 0. The Kier molecular flexibility index (Phi) is 9.34. The summed E-state index contributed by atoms with van der Waals surface area (Å²) in [5.74, 6) is 0.565. The van der Waals surface area contributed by atoms with Gasteiger partial charge in [0.1, 0.15) is 5.78 Å². The molecule has 0 amide bonds. The Labute approximate surface area is 210 Å². The van der Waals surface area contributed by atoms with E-state index >= 15 is 0 Å². The van der Waals surface area contributed by atoms with Crippen molar-refractivity contribution in [2.24, 2.45) is 5.92 Å². The number of allylic oxidation sites excluding steroid dienone is 4. The van der Waals surface area contributed by atoms with E-state index in [0.717, 1.165) is 32.1 Å². The van der Waals surface area contributed by atoms with Crippen LogP contribution in [-0.2, 0) is 17.6 Å². The topological polar surface area (TPSA) is 29.1 Å². The van der Waals surface area contributed by atoms with Crippen molar-refractivity contribution in [3.05, 3.63) is 94.7 Å². The maximum atomic E-state index is 12.8. The number of nitrogens with one attached hydrogen (secondary N) is 1. The average molecular weight is 466 g/mol. The number of ketones is 1. The van der Waals surface area contributed by atoms with Crippen LogP contribution in [0.4, 0.5) is 0 Å².